The molecule has 0 aliphatic rings. The van der Waals surface area contributed by atoms with E-state index in [2.05, 4.69) is 15.6 Å². The monoisotopic (exact) mass is 306 g/mol. The molecule has 0 aromatic carbocycles. The number of hydrogen-bond acceptors (Lipinski definition) is 2. The molecule has 2 N–H and O–H groups in total. The van der Waals surface area contributed by atoms with Gasteiger partial charge in [0.05, 0.1) is 11.6 Å². The first-order valence-electron chi connectivity index (χ1n) is 6.03. The van der Waals surface area contributed by atoms with Crippen molar-refractivity contribution in [2.75, 3.05) is 27.3 Å². The van der Waals surface area contributed by atoms with Crippen LogP contribution in [-0.4, -0.2) is 37.8 Å². The number of nitrogens with zero attached hydrogens (tertiary/aromatic N) is 2. The van der Waals surface area contributed by atoms with Crippen LogP contribution in [0.5, 0.6) is 0 Å². The minimum absolute atomic E-state index is 0.543. The number of rotatable bonds is 6. The van der Waals surface area contributed by atoms with Gasteiger partial charge >= 0.3 is 0 Å². The summed E-state index contributed by atoms with van der Waals surface area (Å²) in [6, 6.07) is 1.84. The van der Waals surface area contributed by atoms with Gasteiger partial charge in [0.15, 0.2) is 5.96 Å². The Morgan fingerprint density at radius 1 is 1.42 bits per heavy atom. The predicted octanol–water partition coefficient (Wildman–Crippen LogP) is 2.03. The standard InChI is InChI=1S/C12H20Cl2N4O/c1-15-12(16-5-4-6-19-3)17-8-9-7-10(13)11(14)18(9)2/h7H,4-6,8H2,1-3H3,(H2,15,16,17). The molecule has 5 nitrogen and oxygen atoms in total. The van der Waals surface area contributed by atoms with Crippen molar-refractivity contribution in [2.24, 2.45) is 12.0 Å². The highest BCUT2D eigenvalue weighted by molar-refractivity contribution is 6.41. The molecule has 0 saturated heterocycles. The average Bonchev–Trinajstić information content (AvgIpc) is 2.65. The third-order valence-corrected chi connectivity index (χ3v) is 3.54. The number of aromatic nitrogens is 1. The minimum atomic E-state index is 0.543. The summed E-state index contributed by atoms with van der Waals surface area (Å²) in [5.74, 6) is 0.740. The van der Waals surface area contributed by atoms with E-state index in [-0.39, 0.29) is 0 Å². The molecule has 1 aromatic rings. The van der Waals surface area contributed by atoms with Crippen LogP contribution in [0, 0.1) is 0 Å². The van der Waals surface area contributed by atoms with Crippen molar-refractivity contribution in [1.29, 1.82) is 0 Å². The molecule has 7 heteroatoms. The zero-order valence-electron chi connectivity index (χ0n) is 11.5. The molecule has 1 heterocycles. The Morgan fingerprint density at radius 2 is 2.16 bits per heavy atom. The Labute approximate surface area is 123 Å². The summed E-state index contributed by atoms with van der Waals surface area (Å²) in [6.45, 7) is 2.14. The van der Waals surface area contributed by atoms with E-state index in [1.807, 2.05) is 17.7 Å². The van der Waals surface area contributed by atoms with Crippen molar-refractivity contribution in [1.82, 2.24) is 15.2 Å². The summed E-state index contributed by atoms with van der Waals surface area (Å²) < 4.78 is 6.83. The maximum Gasteiger partial charge on any atom is 0.191 e. The van der Waals surface area contributed by atoms with E-state index in [9.17, 15) is 0 Å². The molecule has 0 radical (unpaired) electrons. The molecule has 0 bridgehead atoms. The Hall–Kier alpha value is -0.910. The Kier molecular flexibility index (Phi) is 7.05. The van der Waals surface area contributed by atoms with Crippen LogP contribution >= 0.6 is 23.2 Å². The second-order valence-corrected chi connectivity index (χ2v) is 4.80. The van der Waals surface area contributed by atoms with E-state index < -0.39 is 0 Å². The van der Waals surface area contributed by atoms with Gasteiger partial charge in [-0.3, -0.25) is 4.99 Å². The zero-order chi connectivity index (χ0) is 14.3. The van der Waals surface area contributed by atoms with E-state index in [0.29, 0.717) is 16.7 Å². The number of aliphatic imine (C=N–C) groups is 1. The fourth-order valence-electron chi connectivity index (χ4n) is 1.58. The maximum atomic E-state index is 6.01. The van der Waals surface area contributed by atoms with E-state index in [1.54, 1.807) is 14.2 Å². The molecule has 0 unspecified atom stereocenters. The lowest BCUT2D eigenvalue weighted by Crippen LogP contribution is -2.37. The van der Waals surface area contributed by atoms with Gasteiger partial charge in [-0.1, -0.05) is 23.2 Å². The third-order valence-electron chi connectivity index (χ3n) is 2.69. The number of methoxy groups -OCH3 is 1. The van der Waals surface area contributed by atoms with Gasteiger partial charge in [0.1, 0.15) is 5.15 Å². The van der Waals surface area contributed by atoms with Crippen molar-refractivity contribution in [3.8, 4) is 0 Å². The van der Waals surface area contributed by atoms with Crippen molar-refractivity contribution in [3.05, 3.63) is 21.9 Å². The van der Waals surface area contributed by atoms with Gasteiger partial charge in [-0.25, -0.2) is 0 Å². The van der Waals surface area contributed by atoms with Gasteiger partial charge < -0.3 is 19.9 Å². The number of nitrogens with one attached hydrogen (secondary N) is 2. The summed E-state index contributed by atoms with van der Waals surface area (Å²) in [5.41, 5.74) is 0.995. The second-order valence-electron chi connectivity index (χ2n) is 4.03. The van der Waals surface area contributed by atoms with Crippen molar-refractivity contribution < 1.29 is 4.74 Å². The van der Waals surface area contributed by atoms with Crippen LogP contribution in [0.25, 0.3) is 0 Å². The lowest BCUT2D eigenvalue weighted by atomic mass is 10.4. The molecule has 0 amide bonds. The van der Waals surface area contributed by atoms with E-state index in [4.69, 9.17) is 27.9 Å². The zero-order valence-corrected chi connectivity index (χ0v) is 13.0. The van der Waals surface area contributed by atoms with Crippen LogP contribution in [0.1, 0.15) is 12.1 Å². The van der Waals surface area contributed by atoms with Crippen LogP contribution in [0.2, 0.25) is 10.2 Å². The summed E-state index contributed by atoms with van der Waals surface area (Å²) in [6.07, 6.45) is 0.930. The molecule has 0 aliphatic carbocycles. The normalized spacial score (nSPS) is 11.7. The van der Waals surface area contributed by atoms with Gasteiger partial charge in [-0.2, -0.15) is 0 Å². The molecule has 0 spiro atoms. The quantitative estimate of drug-likeness (QED) is 0.480. The summed E-state index contributed by atoms with van der Waals surface area (Å²) in [5, 5.41) is 7.51. The molecule has 108 valence electrons. The highest BCUT2D eigenvalue weighted by atomic mass is 35.5. The number of halogens is 2. The van der Waals surface area contributed by atoms with Crippen molar-refractivity contribution >= 4 is 29.2 Å². The van der Waals surface area contributed by atoms with Crippen LogP contribution in [0.3, 0.4) is 0 Å². The highest BCUT2D eigenvalue weighted by Crippen LogP contribution is 2.24. The molecule has 0 saturated carbocycles. The van der Waals surface area contributed by atoms with E-state index >= 15 is 0 Å². The van der Waals surface area contributed by atoms with Gasteiger partial charge in [0, 0.05) is 40.1 Å². The van der Waals surface area contributed by atoms with E-state index in [0.717, 1.165) is 31.2 Å². The van der Waals surface area contributed by atoms with Gasteiger partial charge in [-0.05, 0) is 12.5 Å². The van der Waals surface area contributed by atoms with Crippen LogP contribution in [0.15, 0.2) is 11.1 Å². The molecular formula is C12H20Cl2N4O. The highest BCUT2D eigenvalue weighted by Gasteiger charge is 2.09. The first-order valence-corrected chi connectivity index (χ1v) is 6.78. The van der Waals surface area contributed by atoms with Crippen LogP contribution in [0.4, 0.5) is 0 Å². The summed E-state index contributed by atoms with van der Waals surface area (Å²) in [7, 11) is 5.30. The van der Waals surface area contributed by atoms with E-state index in [1.165, 1.54) is 0 Å². The molecule has 19 heavy (non-hydrogen) atoms. The first kappa shape index (κ1) is 16.1. The molecule has 0 fully saturated rings. The summed E-state index contributed by atoms with van der Waals surface area (Å²) >= 11 is 12.0. The fraction of sp³-hybridized carbons (Fsp3) is 0.583. The molecule has 1 aromatic heterocycles. The minimum Gasteiger partial charge on any atom is -0.385 e. The maximum absolute atomic E-state index is 6.01. The molecule has 0 aliphatic heterocycles. The first-order chi connectivity index (χ1) is 9.10. The number of ether oxygens (including phenoxy) is 1. The van der Waals surface area contributed by atoms with Crippen LogP contribution in [-0.2, 0) is 18.3 Å². The average molecular weight is 307 g/mol. The lowest BCUT2D eigenvalue weighted by molar-refractivity contribution is 0.195. The van der Waals surface area contributed by atoms with Crippen LogP contribution < -0.4 is 10.6 Å². The molecular weight excluding hydrogens is 287 g/mol. The van der Waals surface area contributed by atoms with Crippen molar-refractivity contribution in [2.45, 2.75) is 13.0 Å². The summed E-state index contributed by atoms with van der Waals surface area (Å²) in [4.78, 5) is 4.14. The largest absolute Gasteiger partial charge is 0.385 e. The SMILES string of the molecule is CN=C(NCCCOC)NCc1cc(Cl)c(Cl)n1C. The second kappa shape index (κ2) is 8.30. The Morgan fingerprint density at radius 3 is 2.68 bits per heavy atom. The van der Waals surface area contributed by atoms with Gasteiger partial charge in [-0.15, -0.1) is 0 Å². The third kappa shape index (κ3) is 4.93. The topological polar surface area (TPSA) is 50.6 Å². The molecule has 1 rings (SSSR count). The fourth-order valence-corrected chi connectivity index (χ4v) is 1.99. The number of hydrogen-bond donors (Lipinski definition) is 2. The van der Waals surface area contributed by atoms with Crippen molar-refractivity contribution in [3.63, 3.8) is 0 Å². The van der Waals surface area contributed by atoms with Gasteiger partial charge in [0.25, 0.3) is 0 Å². The predicted molar refractivity (Wildman–Crippen MR) is 80.1 cm³/mol. The lowest BCUT2D eigenvalue weighted by Gasteiger charge is -2.12. The Bertz CT molecular complexity index is 432. The Balaban J connectivity index is 2.43. The number of guanidine groups is 1. The smallest absolute Gasteiger partial charge is 0.191 e. The molecule has 0 atom stereocenters. The van der Waals surface area contributed by atoms with Gasteiger partial charge in [0.2, 0.25) is 0 Å².